The number of imidazole rings is 1. The average Bonchev–Trinajstić information content (AvgIpc) is 3.32. The van der Waals surface area contributed by atoms with Gasteiger partial charge in [-0.05, 0) is 24.6 Å². The fourth-order valence-corrected chi connectivity index (χ4v) is 4.06. The van der Waals surface area contributed by atoms with Gasteiger partial charge in [0, 0.05) is 50.9 Å². The lowest BCUT2D eigenvalue weighted by Gasteiger charge is -2.26. The maximum absolute atomic E-state index is 13.8. The molecule has 0 spiro atoms. The Balaban J connectivity index is 1.56. The third-order valence-electron chi connectivity index (χ3n) is 5.68. The first kappa shape index (κ1) is 20.6. The second kappa shape index (κ2) is 8.68. The van der Waals surface area contributed by atoms with Crippen molar-refractivity contribution in [2.75, 3.05) is 31.6 Å². The molecule has 32 heavy (non-hydrogen) atoms. The highest BCUT2D eigenvalue weighted by Gasteiger charge is 2.19. The molecule has 0 saturated carbocycles. The van der Waals surface area contributed by atoms with Crippen molar-refractivity contribution in [2.24, 2.45) is 7.05 Å². The van der Waals surface area contributed by atoms with Gasteiger partial charge in [0.15, 0.2) is 5.65 Å². The molecule has 8 nitrogen and oxygen atoms in total. The topological polar surface area (TPSA) is 72.5 Å². The average molecular weight is 436 g/mol. The summed E-state index contributed by atoms with van der Waals surface area (Å²) in [7, 11) is 1.93. The van der Waals surface area contributed by atoms with Crippen LogP contribution in [0.15, 0.2) is 42.9 Å². The van der Waals surface area contributed by atoms with Crippen molar-refractivity contribution in [3.8, 4) is 0 Å². The lowest BCUT2D eigenvalue weighted by molar-refractivity contribution is 0.0334. The molecule has 0 amide bonds. The van der Waals surface area contributed by atoms with Crippen molar-refractivity contribution in [1.82, 2.24) is 29.0 Å². The van der Waals surface area contributed by atoms with Crippen molar-refractivity contribution in [3.05, 3.63) is 71.2 Å². The standard InChI is InChI=1S/C23H26FN7O/c1-16-20(11-17-4-3-5-18(24)10-17)23-27-21(26-22-14-29(2)15-25-22)12-19(31(23)28-16)13-30-6-8-32-9-7-30/h3-5,10,12,14-15H,6-9,11,13H2,1-2H3,(H,26,27). The Morgan fingerprint density at radius 3 is 2.75 bits per heavy atom. The molecular weight excluding hydrogens is 409 g/mol. The molecule has 166 valence electrons. The monoisotopic (exact) mass is 435 g/mol. The summed E-state index contributed by atoms with van der Waals surface area (Å²) in [5, 5.41) is 8.12. The van der Waals surface area contributed by atoms with Gasteiger partial charge in [-0.3, -0.25) is 4.90 Å². The van der Waals surface area contributed by atoms with E-state index in [0.717, 1.165) is 66.8 Å². The number of aromatic nitrogens is 5. The predicted octanol–water partition coefficient (Wildman–Crippen LogP) is 3.08. The molecule has 0 unspecified atom stereocenters. The summed E-state index contributed by atoms with van der Waals surface area (Å²) >= 11 is 0. The van der Waals surface area contributed by atoms with E-state index in [2.05, 4.69) is 15.2 Å². The molecule has 4 aromatic rings. The second-order valence-electron chi connectivity index (χ2n) is 8.18. The summed E-state index contributed by atoms with van der Waals surface area (Å²) in [5.41, 5.74) is 4.57. The van der Waals surface area contributed by atoms with Crippen LogP contribution in [0.5, 0.6) is 0 Å². The van der Waals surface area contributed by atoms with Crippen LogP contribution in [0, 0.1) is 12.7 Å². The number of morpholine rings is 1. The first-order valence-corrected chi connectivity index (χ1v) is 10.7. The van der Waals surface area contributed by atoms with Crippen molar-refractivity contribution < 1.29 is 9.13 Å². The number of rotatable bonds is 6. The molecule has 1 saturated heterocycles. The number of nitrogens with one attached hydrogen (secondary N) is 1. The van der Waals surface area contributed by atoms with Crippen LogP contribution in [0.4, 0.5) is 16.0 Å². The smallest absolute Gasteiger partial charge is 0.161 e. The minimum atomic E-state index is -0.241. The Kier molecular flexibility index (Phi) is 5.59. The zero-order valence-electron chi connectivity index (χ0n) is 18.3. The van der Waals surface area contributed by atoms with E-state index >= 15 is 0 Å². The summed E-state index contributed by atoms with van der Waals surface area (Å²) in [6.07, 6.45) is 4.21. The Hall–Kier alpha value is -3.30. The fraction of sp³-hybridized carbons (Fsp3) is 0.348. The first-order chi connectivity index (χ1) is 15.5. The minimum absolute atomic E-state index is 0.241. The number of ether oxygens (including phenoxy) is 1. The number of hydrogen-bond donors (Lipinski definition) is 1. The molecule has 9 heteroatoms. The van der Waals surface area contributed by atoms with Crippen LogP contribution in [0.1, 0.15) is 22.5 Å². The summed E-state index contributed by atoms with van der Waals surface area (Å²) in [6.45, 7) is 5.94. The van der Waals surface area contributed by atoms with E-state index in [4.69, 9.17) is 14.8 Å². The van der Waals surface area contributed by atoms with Gasteiger partial charge in [0.2, 0.25) is 0 Å². The molecule has 0 atom stereocenters. The number of nitrogens with zero attached hydrogens (tertiary/aromatic N) is 6. The van der Waals surface area contributed by atoms with Gasteiger partial charge in [0.05, 0.1) is 30.9 Å². The van der Waals surface area contributed by atoms with E-state index in [1.165, 1.54) is 6.07 Å². The molecule has 5 rings (SSSR count). The number of hydrogen-bond acceptors (Lipinski definition) is 6. The normalized spacial score (nSPS) is 14.8. The maximum atomic E-state index is 13.8. The summed E-state index contributed by atoms with van der Waals surface area (Å²) < 4.78 is 23.1. The number of aryl methyl sites for hydroxylation is 2. The van der Waals surface area contributed by atoms with E-state index in [9.17, 15) is 4.39 Å². The molecule has 1 N–H and O–H groups in total. The summed E-state index contributed by atoms with van der Waals surface area (Å²) in [5.74, 6) is 1.19. The molecule has 1 aliphatic rings. The molecule has 0 radical (unpaired) electrons. The van der Waals surface area contributed by atoms with Crippen LogP contribution in [0.2, 0.25) is 0 Å². The highest BCUT2D eigenvalue weighted by Crippen LogP contribution is 2.24. The van der Waals surface area contributed by atoms with Gasteiger partial charge in [0.25, 0.3) is 0 Å². The minimum Gasteiger partial charge on any atom is -0.379 e. The number of anilines is 2. The number of fused-ring (bicyclic) bond motifs is 1. The van der Waals surface area contributed by atoms with E-state index in [0.29, 0.717) is 12.2 Å². The molecule has 3 aromatic heterocycles. The van der Waals surface area contributed by atoms with Gasteiger partial charge in [-0.15, -0.1) is 0 Å². The van der Waals surface area contributed by atoms with Crippen LogP contribution in [-0.4, -0.2) is 55.4 Å². The Labute approximate surface area is 185 Å². The lowest BCUT2D eigenvalue weighted by Crippen LogP contribution is -2.36. The zero-order chi connectivity index (χ0) is 22.1. The summed E-state index contributed by atoms with van der Waals surface area (Å²) in [4.78, 5) is 11.6. The van der Waals surface area contributed by atoms with Gasteiger partial charge >= 0.3 is 0 Å². The van der Waals surface area contributed by atoms with Crippen molar-refractivity contribution in [2.45, 2.75) is 19.9 Å². The zero-order valence-corrected chi connectivity index (χ0v) is 18.3. The number of benzene rings is 1. The molecule has 0 aliphatic carbocycles. The quantitative estimate of drug-likeness (QED) is 0.502. The van der Waals surface area contributed by atoms with Crippen LogP contribution < -0.4 is 5.32 Å². The van der Waals surface area contributed by atoms with Crippen molar-refractivity contribution in [3.63, 3.8) is 0 Å². The molecule has 1 aromatic carbocycles. The first-order valence-electron chi connectivity index (χ1n) is 10.7. The van der Waals surface area contributed by atoms with Crippen LogP contribution in [-0.2, 0) is 24.8 Å². The van der Waals surface area contributed by atoms with Gasteiger partial charge in [-0.1, -0.05) is 12.1 Å². The summed E-state index contributed by atoms with van der Waals surface area (Å²) in [6, 6.07) is 8.71. The Morgan fingerprint density at radius 2 is 2.00 bits per heavy atom. The van der Waals surface area contributed by atoms with Crippen LogP contribution in [0.3, 0.4) is 0 Å². The van der Waals surface area contributed by atoms with E-state index in [1.54, 1.807) is 18.5 Å². The van der Waals surface area contributed by atoms with Crippen molar-refractivity contribution in [1.29, 1.82) is 0 Å². The molecular formula is C23H26FN7O. The SMILES string of the molecule is Cc1nn2c(CN3CCOCC3)cc(Nc3cn(C)cn3)nc2c1Cc1cccc(F)c1. The molecule has 1 fully saturated rings. The lowest BCUT2D eigenvalue weighted by atomic mass is 10.1. The largest absolute Gasteiger partial charge is 0.379 e. The Bertz CT molecular complexity index is 1240. The number of halogens is 1. The van der Waals surface area contributed by atoms with E-state index in [1.807, 2.05) is 41.4 Å². The third kappa shape index (κ3) is 4.35. The molecule has 4 heterocycles. The van der Waals surface area contributed by atoms with E-state index < -0.39 is 0 Å². The third-order valence-corrected chi connectivity index (χ3v) is 5.68. The van der Waals surface area contributed by atoms with Crippen LogP contribution in [0.25, 0.3) is 5.65 Å². The van der Waals surface area contributed by atoms with Gasteiger partial charge in [0.1, 0.15) is 17.5 Å². The van der Waals surface area contributed by atoms with Gasteiger partial charge < -0.3 is 14.6 Å². The second-order valence-corrected chi connectivity index (χ2v) is 8.18. The van der Waals surface area contributed by atoms with Gasteiger partial charge in [-0.2, -0.15) is 5.10 Å². The molecule has 1 aliphatic heterocycles. The van der Waals surface area contributed by atoms with Gasteiger partial charge in [-0.25, -0.2) is 18.9 Å². The van der Waals surface area contributed by atoms with E-state index in [-0.39, 0.29) is 5.82 Å². The maximum Gasteiger partial charge on any atom is 0.161 e. The van der Waals surface area contributed by atoms with Crippen molar-refractivity contribution >= 4 is 17.3 Å². The molecule has 0 bridgehead atoms. The van der Waals surface area contributed by atoms with Crippen LogP contribution >= 0.6 is 0 Å². The predicted molar refractivity (Wildman–Crippen MR) is 120 cm³/mol. The Morgan fingerprint density at radius 1 is 1.16 bits per heavy atom. The highest BCUT2D eigenvalue weighted by atomic mass is 19.1. The fourth-order valence-electron chi connectivity index (χ4n) is 4.06. The highest BCUT2D eigenvalue weighted by molar-refractivity contribution is 5.60.